The summed E-state index contributed by atoms with van der Waals surface area (Å²) in [5, 5.41) is 0. The number of hydrogen-bond acceptors (Lipinski definition) is 5. The van der Waals surface area contributed by atoms with E-state index in [9.17, 15) is 4.79 Å². The Balaban J connectivity index is 1.48. The Morgan fingerprint density at radius 2 is 1.58 bits per heavy atom. The Morgan fingerprint density at radius 1 is 0.935 bits per heavy atom. The zero-order chi connectivity index (χ0) is 21.8. The molecule has 0 atom stereocenters. The molecule has 2 aliphatic carbocycles. The highest BCUT2D eigenvalue weighted by Crippen LogP contribution is 2.39. The maximum atomic E-state index is 13.4. The second kappa shape index (κ2) is 9.50. The molecular weight excluding hydrogens is 394 g/mol. The SMILES string of the molecule is COc1cc(C(=O)N(Cc2ccc(OCC3CCC3)cc2)C2CC2)cc(OC)c1OC. The lowest BCUT2D eigenvalue weighted by Crippen LogP contribution is -2.32. The maximum absolute atomic E-state index is 13.4. The number of nitrogens with zero attached hydrogens (tertiary/aromatic N) is 1. The fraction of sp³-hybridized carbons (Fsp3) is 0.480. The molecule has 6 nitrogen and oxygen atoms in total. The van der Waals surface area contributed by atoms with Gasteiger partial charge in [0.15, 0.2) is 11.5 Å². The number of rotatable bonds is 10. The predicted octanol–water partition coefficient (Wildman–Crippen LogP) is 4.70. The number of carbonyl (C=O) groups excluding carboxylic acids is 1. The van der Waals surface area contributed by atoms with E-state index in [0.29, 0.717) is 35.3 Å². The van der Waals surface area contributed by atoms with Gasteiger partial charge in [-0.1, -0.05) is 18.6 Å². The summed E-state index contributed by atoms with van der Waals surface area (Å²) < 4.78 is 22.1. The van der Waals surface area contributed by atoms with Crippen molar-refractivity contribution in [2.75, 3.05) is 27.9 Å². The van der Waals surface area contributed by atoms with Gasteiger partial charge in [0.1, 0.15) is 5.75 Å². The van der Waals surface area contributed by atoms with Crippen molar-refractivity contribution in [3.63, 3.8) is 0 Å². The monoisotopic (exact) mass is 425 g/mol. The fourth-order valence-electron chi connectivity index (χ4n) is 3.88. The zero-order valence-corrected chi connectivity index (χ0v) is 18.6. The Hall–Kier alpha value is -2.89. The van der Waals surface area contributed by atoms with Crippen LogP contribution in [0.25, 0.3) is 0 Å². The van der Waals surface area contributed by atoms with Crippen molar-refractivity contribution in [1.82, 2.24) is 4.90 Å². The quantitative estimate of drug-likeness (QED) is 0.552. The molecule has 2 aromatic carbocycles. The van der Waals surface area contributed by atoms with E-state index in [1.54, 1.807) is 33.5 Å². The van der Waals surface area contributed by atoms with Crippen molar-refractivity contribution in [3.05, 3.63) is 47.5 Å². The number of ether oxygens (including phenoxy) is 4. The van der Waals surface area contributed by atoms with Crippen LogP contribution in [-0.4, -0.2) is 44.8 Å². The molecule has 4 rings (SSSR count). The molecule has 0 saturated heterocycles. The summed E-state index contributed by atoms with van der Waals surface area (Å²) in [5.41, 5.74) is 1.62. The van der Waals surface area contributed by atoms with E-state index in [1.807, 2.05) is 29.2 Å². The van der Waals surface area contributed by atoms with Crippen LogP contribution in [0.4, 0.5) is 0 Å². The molecular formula is C25H31NO5. The van der Waals surface area contributed by atoms with Crippen molar-refractivity contribution >= 4 is 5.91 Å². The van der Waals surface area contributed by atoms with Crippen molar-refractivity contribution in [1.29, 1.82) is 0 Å². The van der Waals surface area contributed by atoms with Gasteiger partial charge in [0.25, 0.3) is 5.91 Å². The summed E-state index contributed by atoms with van der Waals surface area (Å²) in [6.45, 7) is 1.36. The molecule has 2 fully saturated rings. The molecule has 6 heteroatoms. The van der Waals surface area contributed by atoms with Gasteiger partial charge in [0.2, 0.25) is 5.75 Å². The highest BCUT2D eigenvalue weighted by Gasteiger charge is 2.34. The third-order valence-corrected chi connectivity index (χ3v) is 6.15. The topological polar surface area (TPSA) is 57.2 Å². The highest BCUT2D eigenvalue weighted by molar-refractivity contribution is 5.96. The molecule has 0 N–H and O–H groups in total. The molecule has 0 heterocycles. The van der Waals surface area contributed by atoms with Gasteiger partial charge in [-0.3, -0.25) is 4.79 Å². The van der Waals surface area contributed by atoms with Crippen molar-refractivity contribution < 1.29 is 23.7 Å². The van der Waals surface area contributed by atoms with Gasteiger partial charge in [0, 0.05) is 18.2 Å². The van der Waals surface area contributed by atoms with Gasteiger partial charge in [-0.25, -0.2) is 0 Å². The molecule has 31 heavy (non-hydrogen) atoms. The Kier molecular flexibility index (Phi) is 6.54. The molecule has 0 bridgehead atoms. The standard InChI is InChI=1S/C25H31NO5/c1-28-22-13-19(14-23(29-2)24(22)30-3)25(27)26(20-9-10-20)15-17-7-11-21(12-8-17)31-16-18-5-4-6-18/h7-8,11-14,18,20H,4-6,9-10,15-16H2,1-3H3. The van der Waals surface area contributed by atoms with Gasteiger partial charge in [-0.05, 0) is 61.4 Å². The first-order valence-corrected chi connectivity index (χ1v) is 11.0. The zero-order valence-electron chi connectivity index (χ0n) is 18.6. The molecule has 166 valence electrons. The number of benzene rings is 2. The van der Waals surface area contributed by atoms with Crippen LogP contribution >= 0.6 is 0 Å². The Bertz CT molecular complexity index is 878. The number of carbonyl (C=O) groups is 1. The molecule has 0 spiro atoms. The van der Waals surface area contributed by atoms with Crippen LogP contribution in [0.2, 0.25) is 0 Å². The minimum atomic E-state index is -0.0351. The molecule has 0 aromatic heterocycles. The third kappa shape index (κ3) is 4.89. The minimum Gasteiger partial charge on any atom is -0.493 e. The summed E-state index contributed by atoms with van der Waals surface area (Å²) in [5.74, 6) is 3.01. The molecule has 2 aromatic rings. The normalized spacial score (nSPS) is 15.7. The first kappa shape index (κ1) is 21.3. The van der Waals surface area contributed by atoms with E-state index in [4.69, 9.17) is 18.9 Å². The first-order chi connectivity index (χ1) is 15.1. The van der Waals surface area contributed by atoms with E-state index in [1.165, 1.54) is 19.3 Å². The lowest BCUT2D eigenvalue weighted by molar-refractivity contribution is 0.0729. The van der Waals surface area contributed by atoms with Gasteiger partial charge >= 0.3 is 0 Å². The van der Waals surface area contributed by atoms with Crippen LogP contribution < -0.4 is 18.9 Å². The molecule has 2 saturated carbocycles. The molecule has 0 unspecified atom stereocenters. The second-order valence-corrected chi connectivity index (χ2v) is 8.33. The number of hydrogen-bond donors (Lipinski definition) is 0. The fourth-order valence-corrected chi connectivity index (χ4v) is 3.88. The largest absolute Gasteiger partial charge is 0.493 e. The van der Waals surface area contributed by atoms with Crippen molar-refractivity contribution in [2.45, 2.75) is 44.7 Å². The highest BCUT2D eigenvalue weighted by atomic mass is 16.5. The Labute approximate surface area is 184 Å². The molecule has 0 radical (unpaired) electrons. The van der Waals surface area contributed by atoms with E-state index in [2.05, 4.69) is 0 Å². The molecule has 1 amide bonds. The lowest BCUT2D eigenvalue weighted by Gasteiger charge is -2.25. The van der Waals surface area contributed by atoms with Crippen LogP contribution in [0.3, 0.4) is 0 Å². The van der Waals surface area contributed by atoms with Crippen LogP contribution in [-0.2, 0) is 6.54 Å². The van der Waals surface area contributed by atoms with E-state index in [0.717, 1.165) is 30.8 Å². The summed E-state index contributed by atoms with van der Waals surface area (Å²) >= 11 is 0. The third-order valence-electron chi connectivity index (χ3n) is 6.15. The predicted molar refractivity (Wildman–Crippen MR) is 118 cm³/mol. The smallest absolute Gasteiger partial charge is 0.254 e. The summed E-state index contributed by atoms with van der Waals surface area (Å²) in [6, 6.07) is 11.8. The lowest BCUT2D eigenvalue weighted by atomic mass is 9.86. The van der Waals surface area contributed by atoms with Crippen LogP contribution in [0.15, 0.2) is 36.4 Å². The van der Waals surface area contributed by atoms with Crippen LogP contribution in [0.5, 0.6) is 23.0 Å². The van der Waals surface area contributed by atoms with Gasteiger partial charge < -0.3 is 23.8 Å². The van der Waals surface area contributed by atoms with Crippen molar-refractivity contribution in [2.24, 2.45) is 5.92 Å². The van der Waals surface area contributed by atoms with Crippen molar-refractivity contribution in [3.8, 4) is 23.0 Å². The Morgan fingerprint density at radius 3 is 2.06 bits per heavy atom. The van der Waals surface area contributed by atoms with Crippen LogP contribution in [0, 0.1) is 5.92 Å². The summed E-state index contributed by atoms with van der Waals surface area (Å²) in [4.78, 5) is 15.3. The molecule has 2 aliphatic rings. The van der Waals surface area contributed by atoms with Gasteiger partial charge in [-0.15, -0.1) is 0 Å². The summed E-state index contributed by atoms with van der Waals surface area (Å²) in [6.07, 6.45) is 5.93. The van der Waals surface area contributed by atoms with Gasteiger partial charge in [0.05, 0.1) is 27.9 Å². The van der Waals surface area contributed by atoms with E-state index >= 15 is 0 Å². The molecule has 0 aliphatic heterocycles. The summed E-state index contributed by atoms with van der Waals surface area (Å²) in [7, 11) is 4.66. The average Bonchev–Trinajstić information content (AvgIpc) is 3.61. The van der Waals surface area contributed by atoms with E-state index in [-0.39, 0.29) is 11.9 Å². The maximum Gasteiger partial charge on any atom is 0.254 e. The van der Waals surface area contributed by atoms with Crippen LogP contribution in [0.1, 0.15) is 48.0 Å². The van der Waals surface area contributed by atoms with Gasteiger partial charge in [-0.2, -0.15) is 0 Å². The first-order valence-electron chi connectivity index (χ1n) is 11.0. The number of amides is 1. The minimum absolute atomic E-state index is 0.0351. The number of methoxy groups -OCH3 is 3. The average molecular weight is 426 g/mol. The second-order valence-electron chi connectivity index (χ2n) is 8.33. The van der Waals surface area contributed by atoms with E-state index < -0.39 is 0 Å².